The zero-order chi connectivity index (χ0) is 17.9. The van der Waals surface area contributed by atoms with E-state index in [2.05, 4.69) is 9.88 Å². The van der Waals surface area contributed by atoms with E-state index >= 15 is 0 Å². The molecule has 0 bridgehead atoms. The van der Waals surface area contributed by atoms with Gasteiger partial charge in [0.25, 0.3) is 0 Å². The maximum Gasteiger partial charge on any atom is 0.186 e. The molecule has 3 heterocycles. The number of fused-ring (bicyclic) bond motifs is 1. The van der Waals surface area contributed by atoms with E-state index < -0.39 is 0 Å². The number of ether oxygens (including phenoxy) is 3. The van der Waals surface area contributed by atoms with Crippen LogP contribution in [0.5, 0.6) is 17.2 Å². The molecule has 3 aromatic rings. The van der Waals surface area contributed by atoms with Gasteiger partial charge in [0.05, 0.1) is 20.8 Å². The van der Waals surface area contributed by atoms with Gasteiger partial charge in [-0.2, -0.15) is 0 Å². The Kier molecular flexibility index (Phi) is 4.79. The average Bonchev–Trinajstić information content (AvgIpc) is 3.33. The molecule has 0 saturated carbocycles. The smallest absolute Gasteiger partial charge is 0.186 e. The number of rotatable bonds is 6. The van der Waals surface area contributed by atoms with Crippen LogP contribution in [0.3, 0.4) is 0 Å². The number of benzene rings is 1. The number of hydrogen-bond donors (Lipinski definition) is 0. The molecule has 1 unspecified atom stereocenters. The maximum absolute atomic E-state index is 5.88. The highest BCUT2D eigenvalue weighted by Crippen LogP contribution is 2.41. The highest BCUT2D eigenvalue weighted by Gasteiger charge is 2.26. The summed E-state index contributed by atoms with van der Waals surface area (Å²) in [6.45, 7) is 2.63. The molecular formula is C19H21N3O3S. The van der Waals surface area contributed by atoms with Crippen molar-refractivity contribution in [3.05, 3.63) is 36.7 Å². The summed E-state index contributed by atoms with van der Waals surface area (Å²) in [6.07, 6.45) is 4.59. The second-order valence-corrected chi connectivity index (χ2v) is 7.22. The number of pyridine rings is 1. The molecule has 1 aliphatic rings. The summed E-state index contributed by atoms with van der Waals surface area (Å²) in [7, 11) is 3.35. The van der Waals surface area contributed by atoms with Gasteiger partial charge in [-0.1, -0.05) is 11.3 Å². The summed E-state index contributed by atoms with van der Waals surface area (Å²) in [5.74, 6) is 2.97. The van der Waals surface area contributed by atoms with E-state index in [1.165, 1.54) is 0 Å². The average molecular weight is 371 g/mol. The first-order valence-electron chi connectivity index (χ1n) is 8.57. The molecule has 2 aromatic heterocycles. The van der Waals surface area contributed by atoms with Gasteiger partial charge in [0.15, 0.2) is 5.13 Å². The predicted octanol–water partition coefficient (Wildman–Crippen LogP) is 3.61. The minimum Gasteiger partial charge on any atom is -0.495 e. The molecule has 1 saturated heterocycles. The van der Waals surface area contributed by atoms with Gasteiger partial charge in [-0.05, 0) is 30.7 Å². The topological polar surface area (TPSA) is 56.7 Å². The summed E-state index contributed by atoms with van der Waals surface area (Å²) < 4.78 is 17.8. The van der Waals surface area contributed by atoms with Gasteiger partial charge >= 0.3 is 0 Å². The van der Waals surface area contributed by atoms with Crippen LogP contribution >= 0.6 is 11.3 Å². The Morgan fingerprint density at radius 3 is 2.65 bits per heavy atom. The molecule has 1 fully saturated rings. The van der Waals surface area contributed by atoms with Crippen molar-refractivity contribution in [3.8, 4) is 17.2 Å². The summed E-state index contributed by atoms with van der Waals surface area (Å²) in [6, 6.07) is 7.61. The van der Waals surface area contributed by atoms with E-state index in [1.54, 1.807) is 38.0 Å². The number of nitrogens with zero attached hydrogens (tertiary/aromatic N) is 3. The normalized spacial score (nSPS) is 16.8. The molecular weight excluding hydrogens is 350 g/mol. The summed E-state index contributed by atoms with van der Waals surface area (Å²) in [5, 5.41) is 1.01. The van der Waals surface area contributed by atoms with Crippen LogP contribution in [-0.2, 0) is 0 Å². The minimum atomic E-state index is 0.485. The Bertz CT molecular complexity index is 843. The van der Waals surface area contributed by atoms with Crippen molar-refractivity contribution in [1.29, 1.82) is 0 Å². The highest BCUT2D eigenvalue weighted by atomic mass is 32.1. The summed E-state index contributed by atoms with van der Waals surface area (Å²) in [5.41, 5.74) is 0.864. The van der Waals surface area contributed by atoms with E-state index in [1.807, 2.05) is 24.3 Å². The monoisotopic (exact) mass is 371 g/mol. The molecule has 0 spiro atoms. The zero-order valence-corrected chi connectivity index (χ0v) is 15.7. The van der Waals surface area contributed by atoms with Gasteiger partial charge in [0.1, 0.15) is 27.5 Å². The third-order valence-electron chi connectivity index (χ3n) is 4.59. The van der Waals surface area contributed by atoms with Gasteiger partial charge in [-0.15, -0.1) is 0 Å². The fourth-order valence-corrected chi connectivity index (χ4v) is 4.31. The quantitative estimate of drug-likeness (QED) is 0.660. The third-order valence-corrected chi connectivity index (χ3v) is 5.72. The molecule has 0 amide bonds. The second-order valence-electron chi connectivity index (χ2n) is 6.24. The fraction of sp³-hybridized carbons (Fsp3) is 0.368. The van der Waals surface area contributed by atoms with Crippen LogP contribution in [0.25, 0.3) is 10.2 Å². The highest BCUT2D eigenvalue weighted by molar-refractivity contribution is 7.22. The molecule has 0 N–H and O–H groups in total. The first-order chi connectivity index (χ1) is 12.8. The predicted molar refractivity (Wildman–Crippen MR) is 103 cm³/mol. The minimum absolute atomic E-state index is 0.485. The number of methoxy groups -OCH3 is 2. The van der Waals surface area contributed by atoms with Crippen LogP contribution in [0.4, 0.5) is 5.13 Å². The lowest BCUT2D eigenvalue weighted by Crippen LogP contribution is -2.21. The molecule has 0 radical (unpaired) electrons. The lowest BCUT2D eigenvalue weighted by Gasteiger charge is -2.15. The van der Waals surface area contributed by atoms with Crippen molar-refractivity contribution in [1.82, 2.24) is 9.97 Å². The van der Waals surface area contributed by atoms with E-state index in [4.69, 9.17) is 19.2 Å². The maximum atomic E-state index is 5.88. The van der Waals surface area contributed by atoms with E-state index in [0.29, 0.717) is 12.5 Å². The SMILES string of the molecule is COc1ccc(OC)c2sc(N3CCC(COc4ccncc4)C3)nc12. The molecule has 136 valence electrons. The molecule has 6 nitrogen and oxygen atoms in total. The lowest BCUT2D eigenvalue weighted by atomic mass is 10.1. The molecule has 0 aliphatic carbocycles. The van der Waals surface area contributed by atoms with Crippen molar-refractivity contribution in [2.24, 2.45) is 5.92 Å². The van der Waals surface area contributed by atoms with E-state index in [9.17, 15) is 0 Å². The molecule has 7 heteroatoms. The van der Waals surface area contributed by atoms with Gasteiger partial charge in [-0.25, -0.2) is 4.98 Å². The van der Waals surface area contributed by atoms with Gasteiger partial charge < -0.3 is 19.1 Å². The summed E-state index contributed by atoms with van der Waals surface area (Å²) >= 11 is 1.65. The standard InChI is InChI=1S/C19H21N3O3S/c1-23-15-3-4-16(24-2)18-17(15)21-19(26-18)22-10-7-13(11-22)12-25-14-5-8-20-9-6-14/h3-6,8-9,13H,7,10-12H2,1-2H3. The largest absolute Gasteiger partial charge is 0.495 e. The number of anilines is 1. The van der Waals surface area contributed by atoms with Crippen molar-refractivity contribution in [2.75, 3.05) is 38.8 Å². The van der Waals surface area contributed by atoms with Crippen LogP contribution in [0.15, 0.2) is 36.7 Å². The third kappa shape index (κ3) is 3.26. The molecule has 1 aliphatic heterocycles. The van der Waals surface area contributed by atoms with Crippen LogP contribution in [0.1, 0.15) is 6.42 Å². The molecule has 1 atom stereocenters. The second kappa shape index (κ2) is 7.37. The van der Waals surface area contributed by atoms with Crippen LogP contribution in [0, 0.1) is 5.92 Å². The molecule has 26 heavy (non-hydrogen) atoms. The van der Waals surface area contributed by atoms with Crippen LogP contribution < -0.4 is 19.1 Å². The molecule has 4 rings (SSSR count). The Balaban J connectivity index is 1.48. The fourth-order valence-electron chi connectivity index (χ4n) is 3.20. The number of aromatic nitrogens is 2. The van der Waals surface area contributed by atoms with E-state index in [-0.39, 0.29) is 0 Å². The molecule has 1 aromatic carbocycles. The van der Waals surface area contributed by atoms with Crippen molar-refractivity contribution >= 4 is 26.7 Å². The first kappa shape index (κ1) is 16.9. The Morgan fingerprint density at radius 2 is 1.88 bits per heavy atom. The van der Waals surface area contributed by atoms with Crippen molar-refractivity contribution in [3.63, 3.8) is 0 Å². The number of thiazole rings is 1. The van der Waals surface area contributed by atoms with Gasteiger partial charge in [0, 0.05) is 31.4 Å². The van der Waals surface area contributed by atoms with Crippen LogP contribution in [0.2, 0.25) is 0 Å². The van der Waals surface area contributed by atoms with Gasteiger partial charge in [0.2, 0.25) is 0 Å². The number of hydrogen-bond acceptors (Lipinski definition) is 7. The van der Waals surface area contributed by atoms with Crippen molar-refractivity contribution in [2.45, 2.75) is 6.42 Å². The first-order valence-corrected chi connectivity index (χ1v) is 9.39. The Labute approximate surface area is 156 Å². The van der Waals surface area contributed by atoms with Crippen LogP contribution in [-0.4, -0.2) is 43.9 Å². The van der Waals surface area contributed by atoms with Gasteiger partial charge in [-0.3, -0.25) is 4.98 Å². The Morgan fingerprint density at radius 1 is 1.12 bits per heavy atom. The lowest BCUT2D eigenvalue weighted by molar-refractivity contribution is 0.261. The van der Waals surface area contributed by atoms with Crippen molar-refractivity contribution < 1.29 is 14.2 Å². The Hall–Kier alpha value is -2.54. The zero-order valence-electron chi connectivity index (χ0n) is 14.8. The summed E-state index contributed by atoms with van der Waals surface area (Å²) in [4.78, 5) is 11.2. The van der Waals surface area contributed by atoms with E-state index in [0.717, 1.165) is 52.1 Å².